The number of hydrogen-bond acceptors (Lipinski definition) is 1. The Balaban J connectivity index is 4.00. The third-order valence-corrected chi connectivity index (χ3v) is 1.68. The molecule has 48 valence electrons. The summed E-state index contributed by atoms with van der Waals surface area (Å²) in [5.74, 6) is 0. The van der Waals surface area contributed by atoms with Crippen LogP contribution in [0.3, 0.4) is 0 Å². The van der Waals surface area contributed by atoms with Crippen LogP contribution in [0.1, 0.15) is 6.92 Å². The van der Waals surface area contributed by atoms with Crippen LogP contribution in [0, 0.1) is 0 Å². The maximum atomic E-state index is 8.42. The molecule has 0 aromatic rings. The molecule has 1 unspecified atom stereocenters. The van der Waals surface area contributed by atoms with E-state index in [0.29, 0.717) is 0 Å². The highest BCUT2D eigenvalue weighted by molar-refractivity contribution is 6.42. The quantitative estimate of drug-likeness (QED) is 0.480. The summed E-state index contributed by atoms with van der Waals surface area (Å²) in [5.41, 5.74) is 0. The topological polar surface area (TPSA) is 20.2 Å². The number of alkyl halides is 1. The predicted octanol–water partition coefficient (Wildman–Crippen LogP) is 2.82. The van der Waals surface area contributed by atoms with Crippen molar-refractivity contribution in [3.63, 3.8) is 0 Å². The minimum Gasteiger partial charge on any atom is -0.498 e. The summed E-state index contributed by atoms with van der Waals surface area (Å²) < 4.78 is 0. The first-order valence-electron chi connectivity index (χ1n) is 1.94. The first-order chi connectivity index (χ1) is 3.55. The van der Waals surface area contributed by atoms with Crippen LogP contribution < -0.4 is 0 Å². The van der Waals surface area contributed by atoms with E-state index in [9.17, 15) is 0 Å². The molecular formula is C4H5Cl3O. The third kappa shape index (κ3) is 2.65. The highest BCUT2D eigenvalue weighted by Gasteiger charge is 2.05. The standard InChI is InChI=1S/C4H5Cl3O/c1-2(5)3(6)4(7)8/h2,8H,1H3/b4-3-. The van der Waals surface area contributed by atoms with Gasteiger partial charge in [0.15, 0.2) is 0 Å². The lowest BCUT2D eigenvalue weighted by molar-refractivity contribution is 0.448. The summed E-state index contributed by atoms with van der Waals surface area (Å²) in [6.07, 6.45) is 0. The second-order valence-corrected chi connectivity index (χ2v) is 2.67. The lowest BCUT2D eigenvalue weighted by atomic mass is 10.5. The van der Waals surface area contributed by atoms with Gasteiger partial charge in [0.05, 0.1) is 10.4 Å². The number of rotatable bonds is 1. The molecule has 0 saturated heterocycles. The summed E-state index contributed by atoms with van der Waals surface area (Å²) >= 11 is 15.7. The fourth-order valence-electron chi connectivity index (χ4n) is 0.164. The zero-order valence-electron chi connectivity index (χ0n) is 4.16. The molecule has 0 radical (unpaired) electrons. The van der Waals surface area contributed by atoms with E-state index in [1.807, 2.05) is 0 Å². The van der Waals surface area contributed by atoms with Gasteiger partial charge in [0.25, 0.3) is 0 Å². The number of aliphatic hydroxyl groups is 1. The Morgan fingerprint density at radius 3 is 1.88 bits per heavy atom. The second-order valence-electron chi connectivity index (χ2n) is 1.25. The van der Waals surface area contributed by atoms with Crippen molar-refractivity contribution in [1.29, 1.82) is 0 Å². The van der Waals surface area contributed by atoms with Crippen LogP contribution in [-0.2, 0) is 0 Å². The molecule has 0 rings (SSSR count). The van der Waals surface area contributed by atoms with E-state index >= 15 is 0 Å². The van der Waals surface area contributed by atoms with Gasteiger partial charge in [0.2, 0.25) is 5.22 Å². The van der Waals surface area contributed by atoms with Gasteiger partial charge in [-0.2, -0.15) is 0 Å². The molecular weight excluding hydrogens is 170 g/mol. The lowest BCUT2D eigenvalue weighted by Crippen LogP contribution is -1.91. The molecule has 0 aliphatic carbocycles. The van der Waals surface area contributed by atoms with E-state index in [0.717, 1.165) is 0 Å². The normalized spacial score (nSPS) is 17.5. The van der Waals surface area contributed by atoms with Crippen LogP contribution >= 0.6 is 34.8 Å². The molecule has 0 aromatic carbocycles. The minimum atomic E-state index is -0.436. The van der Waals surface area contributed by atoms with Crippen molar-refractivity contribution in [3.8, 4) is 0 Å². The van der Waals surface area contributed by atoms with Crippen molar-refractivity contribution < 1.29 is 5.11 Å². The zero-order chi connectivity index (χ0) is 6.73. The van der Waals surface area contributed by atoms with E-state index in [4.69, 9.17) is 39.9 Å². The lowest BCUT2D eigenvalue weighted by Gasteiger charge is -1.97. The van der Waals surface area contributed by atoms with Gasteiger partial charge >= 0.3 is 0 Å². The largest absolute Gasteiger partial charge is 0.498 e. The van der Waals surface area contributed by atoms with Crippen molar-refractivity contribution in [2.24, 2.45) is 0 Å². The van der Waals surface area contributed by atoms with E-state index in [1.165, 1.54) is 0 Å². The Morgan fingerprint density at radius 1 is 1.50 bits per heavy atom. The van der Waals surface area contributed by atoms with Gasteiger partial charge in [-0.15, -0.1) is 11.6 Å². The molecule has 0 bridgehead atoms. The summed E-state index contributed by atoms with van der Waals surface area (Å²) in [4.78, 5) is 0. The summed E-state index contributed by atoms with van der Waals surface area (Å²) in [6, 6.07) is 0. The van der Waals surface area contributed by atoms with Crippen LogP contribution in [0.4, 0.5) is 0 Å². The van der Waals surface area contributed by atoms with Gasteiger partial charge in [-0.3, -0.25) is 0 Å². The first-order valence-corrected chi connectivity index (χ1v) is 3.13. The van der Waals surface area contributed by atoms with E-state index in [2.05, 4.69) is 0 Å². The Labute approximate surface area is 62.8 Å². The highest BCUT2D eigenvalue weighted by Crippen LogP contribution is 2.18. The fourth-order valence-corrected chi connectivity index (χ4v) is 0.487. The Bertz CT molecular complexity index is 104. The van der Waals surface area contributed by atoms with Crippen molar-refractivity contribution >= 4 is 34.8 Å². The zero-order valence-corrected chi connectivity index (χ0v) is 6.43. The summed E-state index contributed by atoms with van der Waals surface area (Å²) in [5, 5.41) is 7.64. The van der Waals surface area contributed by atoms with Crippen LogP contribution in [0.5, 0.6) is 0 Å². The molecule has 0 aliphatic heterocycles. The van der Waals surface area contributed by atoms with E-state index in [-0.39, 0.29) is 5.03 Å². The monoisotopic (exact) mass is 174 g/mol. The molecule has 4 heteroatoms. The summed E-state index contributed by atoms with van der Waals surface area (Å²) in [6.45, 7) is 1.61. The molecule has 0 amide bonds. The molecule has 0 saturated carbocycles. The molecule has 0 heterocycles. The summed E-state index contributed by atoms with van der Waals surface area (Å²) in [7, 11) is 0. The number of aliphatic hydroxyl groups excluding tert-OH is 1. The fraction of sp³-hybridized carbons (Fsp3) is 0.500. The van der Waals surface area contributed by atoms with Gasteiger partial charge in [0.1, 0.15) is 0 Å². The van der Waals surface area contributed by atoms with Gasteiger partial charge in [0, 0.05) is 0 Å². The van der Waals surface area contributed by atoms with Gasteiger partial charge in [-0.25, -0.2) is 0 Å². The van der Waals surface area contributed by atoms with Crippen molar-refractivity contribution in [3.05, 3.63) is 10.3 Å². The molecule has 0 aromatic heterocycles. The first kappa shape index (κ1) is 8.41. The third-order valence-electron chi connectivity index (χ3n) is 0.546. The maximum Gasteiger partial charge on any atom is 0.200 e. The molecule has 0 fully saturated rings. The number of hydrogen-bond donors (Lipinski definition) is 1. The van der Waals surface area contributed by atoms with Crippen molar-refractivity contribution in [1.82, 2.24) is 0 Å². The maximum absolute atomic E-state index is 8.42. The molecule has 0 spiro atoms. The average Bonchev–Trinajstić information content (AvgIpc) is 1.64. The van der Waals surface area contributed by atoms with Crippen molar-refractivity contribution in [2.75, 3.05) is 0 Å². The molecule has 1 N–H and O–H groups in total. The average molecular weight is 175 g/mol. The van der Waals surface area contributed by atoms with E-state index in [1.54, 1.807) is 6.92 Å². The second kappa shape index (κ2) is 3.44. The molecule has 8 heavy (non-hydrogen) atoms. The SMILES string of the molecule is CC(Cl)/C(Cl)=C(/O)Cl. The number of halogens is 3. The van der Waals surface area contributed by atoms with Crippen LogP contribution in [0.2, 0.25) is 0 Å². The number of allylic oxidation sites excluding steroid dienone is 1. The molecule has 0 aliphatic rings. The Morgan fingerprint density at radius 2 is 1.88 bits per heavy atom. The van der Waals surface area contributed by atoms with Crippen LogP contribution in [0.25, 0.3) is 0 Å². The van der Waals surface area contributed by atoms with Gasteiger partial charge in [-0.05, 0) is 18.5 Å². The van der Waals surface area contributed by atoms with Crippen LogP contribution in [-0.4, -0.2) is 10.5 Å². The van der Waals surface area contributed by atoms with Crippen LogP contribution in [0.15, 0.2) is 10.3 Å². The molecule has 1 nitrogen and oxygen atoms in total. The Kier molecular flexibility index (Phi) is 3.61. The van der Waals surface area contributed by atoms with Gasteiger partial charge in [-0.1, -0.05) is 11.6 Å². The molecule has 1 atom stereocenters. The highest BCUT2D eigenvalue weighted by atomic mass is 35.5. The predicted molar refractivity (Wildman–Crippen MR) is 36.7 cm³/mol. The van der Waals surface area contributed by atoms with Gasteiger partial charge < -0.3 is 5.11 Å². The Hall–Kier alpha value is 0.410. The minimum absolute atomic E-state index is 0.0772. The smallest absolute Gasteiger partial charge is 0.200 e. The van der Waals surface area contributed by atoms with E-state index < -0.39 is 10.6 Å². The van der Waals surface area contributed by atoms with Crippen molar-refractivity contribution in [2.45, 2.75) is 12.3 Å².